The number of ether oxygens (including phenoxy) is 3. The molecule has 3 aromatic heterocycles. The van der Waals surface area contributed by atoms with Crippen LogP contribution >= 0.6 is 0 Å². The van der Waals surface area contributed by atoms with Crippen molar-refractivity contribution in [3.8, 4) is 22.8 Å². The van der Waals surface area contributed by atoms with E-state index in [0.29, 0.717) is 41.8 Å². The molecule has 1 aliphatic heterocycles. The second-order valence-corrected chi connectivity index (χ2v) is 14.1. The van der Waals surface area contributed by atoms with Gasteiger partial charge in [-0.05, 0) is 69.0 Å². The highest BCUT2D eigenvalue weighted by atomic mass is 32.2. The number of hydrogen-bond acceptors (Lipinski definition) is 11. The van der Waals surface area contributed by atoms with Crippen molar-refractivity contribution in [1.82, 2.24) is 29.5 Å². The molecule has 1 unspecified atom stereocenters. The monoisotopic (exact) mass is 704 g/mol. The summed E-state index contributed by atoms with van der Waals surface area (Å²) in [5.74, 6) is 1.50. The Bertz CT molecular complexity index is 2080. The zero-order valence-electron chi connectivity index (χ0n) is 29.0. The maximum absolute atomic E-state index is 15.7. The van der Waals surface area contributed by atoms with Crippen LogP contribution in [0, 0.1) is 12.7 Å². The molecular weight excluding hydrogens is 664 g/mol. The smallest absolute Gasteiger partial charge is 0.232 e. The number of benzene rings is 2. The summed E-state index contributed by atoms with van der Waals surface area (Å²) in [6.45, 7) is 5.09. The van der Waals surface area contributed by atoms with Gasteiger partial charge in [0.05, 0.1) is 37.5 Å². The van der Waals surface area contributed by atoms with E-state index in [1.807, 2.05) is 60.0 Å². The van der Waals surface area contributed by atoms with Crippen molar-refractivity contribution in [1.29, 1.82) is 0 Å². The van der Waals surface area contributed by atoms with E-state index < -0.39 is 15.7 Å². The first kappa shape index (κ1) is 34.8. The lowest BCUT2D eigenvalue weighted by molar-refractivity contribution is -0.0405. The van der Waals surface area contributed by atoms with Crippen LogP contribution in [0.4, 0.5) is 27.7 Å². The summed E-state index contributed by atoms with van der Waals surface area (Å²) in [6, 6.07) is 13.5. The number of methoxy groups -OCH3 is 2. The average molecular weight is 705 g/mol. The molecule has 5 aromatic rings. The Kier molecular flexibility index (Phi) is 10.1. The van der Waals surface area contributed by atoms with Crippen molar-refractivity contribution in [3.05, 3.63) is 78.0 Å². The van der Waals surface area contributed by atoms with E-state index in [9.17, 15) is 8.42 Å². The highest BCUT2D eigenvalue weighted by molar-refractivity contribution is 7.90. The summed E-state index contributed by atoms with van der Waals surface area (Å²) in [5, 5.41) is 9.42. The Labute approximate surface area is 291 Å². The summed E-state index contributed by atoms with van der Waals surface area (Å²) in [4.78, 5) is 13.4. The topological polar surface area (TPSA) is 130 Å². The molecule has 1 atom stereocenters. The number of aryl methyl sites for hydroxylation is 2. The van der Waals surface area contributed by atoms with Crippen LogP contribution in [-0.2, 0) is 28.2 Å². The van der Waals surface area contributed by atoms with Crippen LogP contribution < -0.4 is 19.3 Å². The molecule has 15 heteroatoms. The van der Waals surface area contributed by atoms with E-state index in [1.54, 1.807) is 37.0 Å². The minimum absolute atomic E-state index is 0.115. The lowest BCUT2D eigenvalue weighted by atomic mass is 10.1. The summed E-state index contributed by atoms with van der Waals surface area (Å²) < 4.78 is 61.2. The third kappa shape index (κ3) is 7.14. The molecule has 1 fully saturated rings. The van der Waals surface area contributed by atoms with E-state index in [2.05, 4.69) is 5.10 Å². The molecule has 264 valence electrons. The Hall–Kier alpha value is -5.02. The molecule has 0 N–H and O–H groups in total. The number of hydrogen-bond donors (Lipinski definition) is 0. The number of aromatic nitrogens is 6. The largest absolute Gasteiger partial charge is 0.497 e. The van der Waals surface area contributed by atoms with E-state index in [4.69, 9.17) is 29.3 Å². The zero-order chi connectivity index (χ0) is 35.6. The van der Waals surface area contributed by atoms with Gasteiger partial charge in [-0.3, -0.25) is 4.68 Å². The van der Waals surface area contributed by atoms with Crippen LogP contribution in [0.3, 0.4) is 0 Å². The summed E-state index contributed by atoms with van der Waals surface area (Å²) in [7, 11) is 1.34. The van der Waals surface area contributed by atoms with Gasteiger partial charge in [0.1, 0.15) is 17.3 Å². The Morgan fingerprint density at radius 3 is 2.42 bits per heavy atom. The molecule has 0 amide bonds. The minimum Gasteiger partial charge on any atom is -0.497 e. The van der Waals surface area contributed by atoms with Gasteiger partial charge in [-0.25, -0.2) is 22.5 Å². The van der Waals surface area contributed by atoms with Crippen molar-refractivity contribution < 1.29 is 27.0 Å². The van der Waals surface area contributed by atoms with Gasteiger partial charge in [-0.2, -0.15) is 15.2 Å². The highest BCUT2D eigenvalue weighted by Gasteiger charge is 2.29. The van der Waals surface area contributed by atoms with Gasteiger partial charge < -0.3 is 24.0 Å². The summed E-state index contributed by atoms with van der Waals surface area (Å²) in [6.07, 6.45) is 7.23. The first-order valence-corrected chi connectivity index (χ1v) is 18.2. The van der Waals surface area contributed by atoms with Crippen LogP contribution in [0.5, 0.6) is 11.5 Å². The van der Waals surface area contributed by atoms with Crippen molar-refractivity contribution >= 4 is 33.1 Å². The summed E-state index contributed by atoms with van der Waals surface area (Å²) in [5.41, 5.74) is 3.05. The zero-order valence-corrected chi connectivity index (χ0v) is 29.8. The van der Waals surface area contributed by atoms with Gasteiger partial charge in [-0.15, -0.1) is 0 Å². The number of sulfone groups is 1. The molecule has 1 saturated heterocycles. The fourth-order valence-electron chi connectivity index (χ4n) is 6.00. The van der Waals surface area contributed by atoms with Crippen LogP contribution in [0.25, 0.3) is 11.3 Å². The van der Waals surface area contributed by atoms with Crippen molar-refractivity contribution in [2.24, 2.45) is 7.05 Å². The fraction of sp³-hybridized carbons (Fsp3) is 0.371. The molecule has 0 spiro atoms. The van der Waals surface area contributed by atoms with Gasteiger partial charge in [0.15, 0.2) is 33.5 Å². The van der Waals surface area contributed by atoms with E-state index in [-0.39, 0.29) is 29.3 Å². The van der Waals surface area contributed by atoms with Crippen molar-refractivity contribution in [2.45, 2.75) is 50.8 Å². The molecule has 4 heterocycles. The molecule has 0 bridgehead atoms. The van der Waals surface area contributed by atoms with Gasteiger partial charge in [-0.1, -0.05) is 12.1 Å². The normalized spacial score (nSPS) is 14.8. The minimum atomic E-state index is -3.63. The maximum Gasteiger partial charge on any atom is 0.232 e. The van der Waals surface area contributed by atoms with Crippen LogP contribution in [0.15, 0.2) is 65.8 Å². The molecule has 13 nitrogen and oxygen atoms in total. The molecular formula is C35H41FN8O5S. The standard InChI is InChI=1S/C35H41FN8O5S/c1-7-42(29-16-15-27(19-28(29)36)50(6,45)46)35-38-32(25-20-37-41(3)22-25)33(48-5)34(39-35)43(21-24-11-13-26(47-4)14-12-24)30-18-23(2)44(40-30)31-10-8-9-17-49-31/h11-16,18-20,22,31H,7-10,17,21H2,1-6H3. The third-order valence-electron chi connectivity index (χ3n) is 8.58. The van der Waals surface area contributed by atoms with E-state index in [0.717, 1.165) is 48.6 Å². The summed E-state index contributed by atoms with van der Waals surface area (Å²) >= 11 is 0. The average Bonchev–Trinajstić information content (AvgIpc) is 3.73. The first-order valence-electron chi connectivity index (χ1n) is 16.3. The molecule has 6 rings (SSSR count). The predicted octanol–water partition coefficient (Wildman–Crippen LogP) is 6.14. The second-order valence-electron chi connectivity index (χ2n) is 12.1. The van der Waals surface area contributed by atoms with Crippen LogP contribution in [0.1, 0.15) is 43.7 Å². The third-order valence-corrected chi connectivity index (χ3v) is 9.69. The van der Waals surface area contributed by atoms with E-state index >= 15 is 4.39 Å². The Morgan fingerprint density at radius 2 is 1.82 bits per heavy atom. The van der Waals surface area contributed by atoms with Crippen molar-refractivity contribution in [2.75, 3.05) is 43.4 Å². The molecule has 2 aromatic carbocycles. The number of rotatable bonds is 12. The lowest BCUT2D eigenvalue weighted by Gasteiger charge is -2.28. The Balaban J connectivity index is 1.57. The Morgan fingerprint density at radius 1 is 1.04 bits per heavy atom. The lowest BCUT2D eigenvalue weighted by Crippen LogP contribution is -2.25. The van der Waals surface area contributed by atoms with Gasteiger partial charge >= 0.3 is 0 Å². The molecule has 0 aliphatic carbocycles. The van der Waals surface area contributed by atoms with E-state index in [1.165, 1.54) is 12.1 Å². The molecule has 1 aliphatic rings. The number of halogens is 1. The number of anilines is 4. The van der Waals surface area contributed by atoms with Gasteiger partial charge in [0.2, 0.25) is 5.95 Å². The predicted molar refractivity (Wildman–Crippen MR) is 188 cm³/mol. The van der Waals surface area contributed by atoms with Gasteiger partial charge in [0.25, 0.3) is 0 Å². The van der Waals surface area contributed by atoms with Crippen LogP contribution in [0.2, 0.25) is 0 Å². The van der Waals surface area contributed by atoms with Crippen molar-refractivity contribution in [3.63, 3.8) is 0 Å². The second kappa shape index (κ2) is 14.5. The number of nitrogens with zero attached hydrogens (tertiary/aromatic N) is 8. The molecule has 0 saturated carbocycles. The molecule has 0 radical (unpaired) electrons. The SMILES string of the molecule is CCN(c1nc(-c2cnn(C)c2)c(OC)c(N(Cc2ccc(OC)cc2)c2cc(C)n(C3CCCCO3)n2)n1)c1ccc(S(C)(=O)=O)cc1F. The van der Waals surface area contributed by atoms with Gasteiger partial charge in [0, 0.05) is 50.0 Å². The fourth-order valence-corrected chi connectivity index (χ4v) is 6.64. The highest BCUT2D eigenvalue weighted by Crippen LogP contribution is 2.42. The quantitative estimate of drug-likeness (QED) is 0.149. The maximum atomic E-state index is 15.7. The first-order chi connectivity index (χ1) is 24.0. The van der Waals surface area contributed by atoms with Crippen LogP contribution in [-0.4, -0.2) is 71.6 Å². The molecule has 50 heavy (non-hydrogen) atoms.